The average molecular weight is 272 g/mol. The summed E-state index contributed by atoms with van der Waals surface area (Å²) < 4.78 is 0. The second-order valence-electron chi connectivity index (χ2n) is 5.43. The van der Waals surface area contributed by atoms with E-state index in [1.807, 2.05) is 0 Å². The van der Waals surface area contributed by atoms with Gasteiger partial charge < -0.3 is 0 Å². The molecule has 0 atom stereocenters. The Balaban J connectivity index is 3.63. The first kappa shape index (κ1) is 18.7. The van der Waals surface area contributed by atoms with E-state index in [1.54, 1.807) is 0 Å². The molecule has 0 aromatic heterocycles. The first-order chi connectivity index (χ1) is 9.59. The third-order valence-corrected chi connectivity index (χ3v) is 3.46. The van der Waals surface area contributed by atoms with Gasteiger partial charge in [-0.15, -0.1) is 0 Å². The van der Waals surface area contributed by atoms with Crippen LogP contribution in [0.5, 0.6) is 0 Å². The summed E-state index contributed by atoms with van der Waals surface area (Å²) in [4.78, 5) is 0. The van der Waals surface area contributed by atoms with Gasteiger partial charge in [-0.3, -0.25) is 0 Å². The first-order valence-corrected chi connectivity index (χ1v) is 7.83. The predicted octanol–water partition coefficient (Wildman–Crippen LogP) is 6.93. The minimum absolute atomic E-state index is 1.08. The number of hydrogen-bond donors (Lipinski definition) is 0. The molecular formula is C20H32. The van der Waals surface area contributed by atoms with Gasteiger partial charge in [-0.25, -0.2) is 0 Å². The number of rotatable bonds is 10. The summed E-state index contributed by atoms with van der Waals surface area (Å²) >= 11 is 0. The van der Waals surface area contributed by atoms with E-state index in [4.69, 9.17) is 0 Å². The molecule has 0 amide bonds. The molecule has 0 heteroatoms. The second kappa shape index (κ2) is 12.7. The molecule has 0 N–H and O–H groups in total. The molecule has 0 saturated carbocycles. The van der Waals surface area contributed by atoms with Crippen molar-refractivity contribution in [1.29, 1.82) is 0 Å². The Morgan fingerprint density at radius 2 is 1.20 bits per heavy atom. The van der Waals surface area contributed by atoms with Crippen molar-refractivity contribution < 1.29 is 0 Å². The molecule has 0 aliphatic rings. The van der Waals surface area contributed by atoms with E-state index in [0.29, 0.717) is 0 Å². The highest BCUT2D eigenvalue weighted by Crippen LogP contribution is 2.17. The minimum atomic E-state index is 1.08. The van der Waals surface area contributed by atoms with Crippen LogP contribution in [0.3, 0.4) is 0 Å². The lowest BCUT2D eigenvalue weighted by Gasteiger charge is -2.06. The van der Waals surface area contributed by atoms with E-state index in [0.717, 1.165) is 38.5 Å². The summed E-state index contributed by atoms with van der Waals surface area (Å²) in [5.74, 6) is 0. The SMILES string of the molecule is C=C(CCC=CCCC=CCCC=CC)C(C)=C(C)C. The zero-order valence-corrected chi connectivity index (χ0v) is 13.9. The molecule has 0 aromatic rings. The highest BCUT2D eigenvalue weighted by Gasteiger charge is 1.97. The van der Waals surface area contributed by atoms with E-state index in [-0.39, 0.29) is 0 Å². The Kier molecular flexibility index (Phi) is 11.9. The molecule has 0 spiro atoms. The highest BCUT2D eigenvalue weighted by molar-refractivity contribution is 5.29. The summed E-state index contributed by atoms with van der Waals surface area (Å²) in [5, 5.41) is 0. The first-order valence-electron chi connectivity index (χ1n) is 7.83. The Hall–Kier alpha value is -1.30. The average Bonchev–Trinajstić information content (AvgIpc) is 2.43. The van der Waals surface area contributed by atoms with Crippen molar-refractivity contribution in [3.63, 3.8) is 0 Å². The topological polar surface area (TPSA) is 0 Å². The van der Waals surface area contributed by atoms with Crippen molar-refractivity contribution in [1.82, 2.24) is 0 Å². The maximum atomic E-state index is 4.15. The van der Waals surface area contributed by atoms with Gasteiger partial charge in [-0.2, -0.15) is 0 Å². The van der Waals surface area contributed by atoms with Crippen LogP contribution >= 0.6 is 0 Å². The minimum Gasteiger partial charge on any atom is -0.0956 e. The molecule has 0 aliphatic heterocycles. The number of hydrogen-bond acceptors (Lipinski definition) is 0. The molecule has 0 aromatic carbocycles. The highest BCUT2D eigenvalue weighted by atomic mass is 14.0. The number of unbranched alkanes of at least 4 members (excludes halogenated alkanes) is 2. The molecule has 0 radical (unpaired) electrons. The Bertz CT molecular complexity index is 371. The summed E-state index contributed by atoms with van der Waals surface area (Å²) in [6.07, 6.45) is 20.3. The zero-order chi connectivity index (χ0) is 15.2. The van der Waals surface area contributed by atoms with Crippen LogP contribution in [0.15, 0.2) is 59.8 Å². The Morgan fingerprint density at radius 1 is 0.750 bits per heavy atom. The monoisotopic (exact) mass is 272 g/mol. The van der Waals surface area contributed by atoms with E-state index >= 15 is 0 Å². The Labute approximate surface area is 126 Å². The maximum absolute atomic E-state index is 4.15. The third-order valence-electron chi connectivity index (χ3n) is 3.46. The van der Waals surface area contributed by atoms with Crippen LogP contribution in [0.1, 0.15) is 66.2 Å². The van der Waals surface area contributed by atoms with Gasteiger partial charge in [0.2, 0.25) is 0 Å². The van der Waals surface area contributed by atoms with Gasteiger partial charge in [-0.1, -0.05) is 54.2 Å². The molecule has 0 aliphatic carbocycles. The Morgan fingerprint density at radius 3 is 1.65 bits per heavy atom. The smallest absolute Gasteiger partial charge is 0.0247 e. The zero-order valence-electron chi connectivity index (χ0n) is 13.9. The largest absolute Gasteiger partial charge is 0.0956 e. The summed E-state index contributed by atoms with van der Waals surface area (Å²) in [6.45, 7) is 12.7. The van der Waals surface area contributed by atoms with E-state index < -0.39 is 0 Å². The van der Waals surface area contributed by atoms with Gasteiger partial charge in [0.15, 0.2) is 0 Å². The molecule has 0 unspecified atom stereocenters. The van der Waals surface area contributed by atoms with Crippen LogP contribution in [-0.4, -0.2) is 0 Å². The molecule has 20 heavy (non-hydrogen) atoms. The maximum Gasteiger partial charge on any atom is -0.0247 e. The lowest BCUT2D eigenvalue weighted by Crippen LogP contribution is -1.86. The fourth-order valence-electron chi connectivity index (χ4n) is 1.82. The lowest BCUT2D eigenvalue weighted by molar-refractivity contribution is 0.958. The third kappa shape index (κ3) is 10.6. The normalized spacial score (nSPS) is 11.8. The van der Waals surface area contributed by atoms with Crippen LogP contribution in [-0.2, 0) is 0 Å². The van der Waals surface area contributed by atoms with E-state index in [2.05, 4.69) is 70.7 Å². The van der Waals surface area contributed by atoms with Crippen LogP contribution in [0.25, 0.3) is 0 Å². The van der Waals surface area contributed by atoms with E-state index in [1.165, 1.54) is 16.7 Å². The van der Waals surface area contributed by atoms with Crippen LogP contribution < -0.4 is 0 Å². The molecule has 0 heterocycles. The molecule has 0 rings (SSSR count). The van der Waals surface area contributed by atoms with Crippen LogP contribution in [0.4, 0.5) is 0 Å². The van der Waals surface area contributed by atoms with Gasteiger partial charge in [0, 0.05) is 0 Å². The van der Waals surface area contributed by atoms with Crippen molar-refractivity contribution in [2.45, 2.75) is 66.2 Å². The van der Waals surface area contributed by atoms with Crippen molar-refractivity contribution in [3.8, 4) is 0 Å². The molecule has 0 fully saturated rings. The van der Waals surface area contributed by atoms with Crippen molar-refractivity contribution >= 4 is 0 Å². The molecule has 0 nitrogen and oxygen atoms in total. The standard InChI is InChI=1S/C20H32/c1-6-7-8-9-10-11-12-13-14-15-16-17-19(4)20(5)18(2)3/h6-7,10-11,14-15H,4,8-9,12-13,16-17H2,1-3,5H3. The molecule has 0 bridgehead atoms. The lowest BCUT2D eigenvalue weighted by atomic mass is 10.0. The molecular weight excluding hydrogens is 240 g/mol. The van der Waals surface area contributed by atoms with Gasteiger partial charge in [0.05, 0.1) is 0 Å². The predicted molar refractivity (Wildman–Crippen MR) is 94.0 cm³/mol. The van der Waals surface area contributed by atoms with Gasteiger partial charge in [0.25, 0.3) is 0 Å². The van der Waals surface area contributed by atoms with Crippen molar-refractivity contribution in [3.05, 3.63) is 59.8 Å². The molecule has 112 valence electrons. The summed E-state index contributed by atoms with van der Waals surface area (Å²) in [7, 11) is 0. The van der Waals surface area contributed by atoms with Crippen molar-refractivity contribution in [2.24, 2.45) is 0 Å². The van der Waals surface area contributed by atoms with Gasteiger partial charge >= 0.3 is 0 Å². The summed E-state index contributed by atoms with van der Waals surface area (Å²) in [5.41, 5.74) is 4.02. The second-order valence-corrected chi connectivity index (χ2v) is 5.43. The quantitative estimate of drug-likeness (QED) is 0.230. The van der Waals surface area contributed by atoms with Gasteiger partial charge in [-0.05, 0) is 71.8 Å². The fraction of sp³-hybridized carbons (Fsp3) is 0.500. The number of allylic oxidation sites excluding steroid dienone is 9. The molecule has 0 saturated heterocycles. The summed E-state index contributed by atoms with van der Waals surface area (Å²) in [6, 6.07) is 0. The van der Waals surface area contributed by atoms with E-state index in [9.17, 15) is 0 Å². The van der Waals surface area contributed by atoms with Crippen molar-refractivity contribution in [2.75, 3.05) is 0 Å². The fourth-order valence-corrected chi connectivity index (χ4v) is 1.82. The van der Waals surface area contributed by atoms with Crippen LogP contribution in [0, 0.1) is 0 Å². The van der Waals surface area contributed by atoms with Gasteiger partial charge in [0.1, 0.15) is 0 Å². The van der Waals surface area contributed by atoms with Crippen LogP contribution in [0.2, 0.25) is 0 Å².